The molecule has 182 valence electrons. The van der Waals surface area contributed by atoms with Gasteiger partial charge >= 0.3 is 5.97 Å². The Hall–Kier alpha value is -4.43. The average molecular weight is 553 g/mol. The van der Waals surface area contributed by atoms with Gasteiger partial charge in [0.1, 0.15) is 0 Å². The third-order valence-corrected chi connectivity index (χ3v) is 6.54. The third-order valence-electron chi connectivity index (χ3n) is 6.05. The number of nitrogens with zero attached hydrogens (tertiary/aromatic N) is 3. The number of rotatable bonds is 5. The molecule has 8 heteroatoms. The van der Waals surface area contributed by atoms with Crippen molar-refractivity contribution < 1.29 is 14.3 Å². The van der Waals surface area contributed by atoms with Crippen LogP contribution in [0.1, 0.15) is 26.3 Å². The van der Waals surface area contributed by atoms with E-state index in [1.54, 1.807) is 36.7 Å². The van der Waals surface area contributed by atoms with E-state index in [9.17, 15) is 9.59 Å². The lowest BCUT2D eigenvalue weighted by atomic mass is 9.96. The summed E-state index contributed by atoms with van der Waals surface area (Å²) in [5.41, 5.74) is 5.82. The second-order valence-electron chi connectivity index (χ2n) is 8.33. The van der Waals surface area contributed by atoms with Crippen LogP contribution in [0.2, 0.25) is 0 Å². The maximum Gasteiger partial charge on any atom is 0.337 e. The van der Waals surface area contributed by atoms with Crippen LogP contribution in [0.3, 0.4) is 0 Å². The number of amides is 1. The Labute approximate surface area is 221 Å². The standard InChI is InChI=1S/C29H21BrN4O3/c1-17-26(23-15-21(30)9-11-25(23)33-27(17)18-6-4-3-5-7-18)28(35)34-24-10-8-19(29(36)37-2)14-22(24)20-12-13-31-32-16-20/h3-16H,1-2H3,(H,34,35). The third kappa shape index (κ3) is 4.83. The summed E-state index contributed by atoms with van der Waals surface area (Å²) in [5.74, 6) is -0.774. The van der Waals surface area contributed by atoms with Crippen LogP contribution in [-0.2, 0) is 4.74 Å². The van der Waals surface area contributed by atoms with Crippen LogP contribution in [0.4, 0.5) is 5.69 Å². The number of hydrogen-bond donors (Lipinski definition) is 1. The predicted octanol–water partition coefficient (Wildman–Crippen LogP) is 6.47. The fourth-order valence-corrected chi connectivity index (χ4v) is 4.63. The van der Waals surface area contributed by atoms with Crippen molar-refractivity contribution in [3.63, 3.8) is 0 Å². The molecule has 0 radical (unpaired) electrons. The van der Waals surface area contributed by atoms with E-state index in [2.05, 4.69) is 31.4 Å². The van der Waals surface area contributed by atoms with E-state index >= 15 is 0 Å². The SMILES string of the molecule is COC(=O)c1ccc(NC(=O)c2c(C)c(-c3ccccc3)nc3ccc(Br)cc23)c(-c2ccnnc2)c1. The summed E-state index contributed by atoms with van der Waals surface area (Å²) in [6, 6.07) is 22.2. The molecule has 1 N–H and O–H groups in total. The zero-order chi connectivity index (χ0) is 25.9. The topological polar surface area (TPSA) is 94.1 Å². The van der Waals surface area contributed by atoms with Crippen molar-refractivity contribution >= 4 is 44.4 Å². The van der Waals surface area contributed by atoms with Gasteiger partial charge in [0.25, 0.3) is 5.91 Å². The van der Waals surface area contributed by atoms with Gasteiger partial charge in [0, 0.05) is 32.2 Å². The summed E-state index contributed by atoms with van der Waals surface area (Å²) in [6.45, 7) is 1.90. The van der Waals surface area contributed by atoms with Gasteiger partial charge in [-0.3, -0.25) is 4.79 Å². The highest BCUT2D eigenvalue weighted by molar-refractivity contribution is 9.10. The van der Waals surface area contributed by atoms with Crippen LogP contribution in [0.5, 0.6) is 0 Å². The molecule has 1 amide bonds. The number of hydrogen-bond acceptors (Lipinski definition) is 6. The Morgan fingerprint density at radius 2 is 1.73 bits per heavy atom. The van der Waals surface area contributed by atoms with Gasteiger partial charge in [0.05, 0.1) is 41.8 Å². The van der Waals surface area contributed by atoms with E-state index in [1.807, 2.05) is 55.5 Å². The van der Waals surface area contributed by atoms with Gasteiger partial charge in [-0.2, -0.15) is 10.2 Å². The molecule has 0 aliphatic heterocycles. The molecule has 0 aliphatic rings. The highest BCUT2D eigenvalue weighted by atomic mass is 79.9. The van der Waals surface area contributed by atoms with Gasteiger partial charge in [-0.25, -0.2) is 9.78 Å². The minimum atomic E-state index is -0.477. The Bertz CT molecular complexity index is 1640. The van der Waals surface area contributed by atoms with E-state index in [4.69, 9.17) is 9.72 Å². The smallest absolute Gasteiger partial charge is 0.337 e. The Morgan fingerprint density at radius 3 is 2.46 bits per heavy atom. The van der Waals surface area contributed by atoms with Gasteiger partial charge in [-0.15, -0.1) is 0 Å². The molecule has 5 aromatic rings. The van der Waals surface area contributed by atoms with Crippen molar-refractivity contribution in [1.82, 2.24) is 15.2 Å². The second kappa shape index (κ2) is 10.3. The van der Waals surface area contributed by atoms with Crippen molar-refractivity contribution in [3.05, 3.63) is 106 Å². The Morgan fingerprint density at radius 1 is 0.919 bits per heavy atom. The molecule has 0 unspecified atom stereocenters. The van der Waals surface area contributed by atoms with Crippen molar-refractivity contribution in [2.45, 2.75) is 6.92 Å². The number of halogens is 1. The normalized spacial score (nSPS) is 10.8. The van der Waals surface area contributed by atoms with Crippen LogP contribution in [0, 0.1) is 6.92 Å². The first-order valence-corrected chi connectivity index (χ1v) is 12.2. The number of ether oxygens (including phenoxy) is 1. The number of carbonyl (C=O) groups is 2. The number of aromatic nitrogens is 3. The average Bonchev–Trinajstić information content (AvgIpc) is 2.93. The summed E-state index contributed by atoms with van der Waals surface area (Å²) >= 11 is 3.52. The zero-order valence-corrected chi connectivity index (χ0v) is 21.6. The van der Waals surface area contributed by atoms with Crippen LogP contribution >= 0.6 is 15.9 Å². The van der Waals surface area contributed by atoms with Gasteiger partial charge < -0.3 is 10.1 Å². The summed E-state index contributed by atoms with van der Waals surface area (Å²) in [6.07, 6.45) is 3.12. The first-order chi connectivity index (χ1) is 18.0. The van der Waals surface area contributed by atoms with Crippen molar-refractivity contribution in [1.29, 1.82) is 0 Å². The maximum atomic E-state index is 13.9. The molecule has 2 heterocycles. The highest BCUT2D eigenvalue weighted by Crippen LogP contribution is 2.34. The minimum Gasteiger partial charge on any atom is -0.465 e. The molecule has 0 saturated heterocycles. The van der Waals surface area contributed by atoms with Gasteiger partial charge in [0.2, 0.25) is 0 Å². The molecule has 2 aromatic heterocycles. The molecule has 0 fully saturated rings. The number of pyridine rings is 1. The van der Waals surface area contributed by atoms with E-state index < -0.39 is 5.97 Å². The van der Waals surface area contributed by atoms with Crippen LogP contribution in [0.15, 0.2) is 89.7 Å². The molecule has 37 heavy (non-hydrogen) atoms. The number of nitrogens with one attached hydrogen (secondary N) is 1. The fourth-order valence-electron chi connectivity index (χ4n) is 4.27. The van der Waals surface area contributed by atoms with Crippen LogP contribution in [0.25, 0.3) is 33.3 Å². The first-order valence-electron chi connectivity index (χ1n) is 11.4. The zero-order valence-electron chi connectivity index (χ0n) is 20.0. The van der Waals surface area contributed by atoms with Crippen LogP contribution < -0.4 is 5.32 Å². The number of fused-ring (bicyclic) bond motifs is 1. The fraction of sp³-hybridized carbons (Fsp3) is 0.0690. The van der Waals surface area contributed by atoms with Gasteiger partial charge in [-0.05, 0) is 55.0 Å². The second-order valence-corrected chi connectivity index (χ2v) is 9.24. The van der Waals surface area contributed by atoms with Crippen LogP contribution in [-0.4, -0.2) is 34.2 Å². The first kappa shape index (κ1) is 24.3. The molecule has 0 aliphatic carbocycles. The molecular formula is C29H21BrN4O3. The Kier molecular flexibility index (Phi) is 6.74. The number of benzene rings is 3. The monoisotopic (exact) mass is 552 g/mol. The van der Waals surface area contributed by atoms with E-state index in [-0.39, 0.29) is 5.91 Å². The molecular weight excluding hydrogens is 532 g/mol. The summed E-state index contributed by atoms with van der Waals surface area (Å²) < 4.78 is 5.72. The quantitative estimate of drug-likeness (QED) is 0.251. The van der Waals surface area contributed by atoms with E-state index in [0.29, 0.717) is 33.5 Å². The molecule has 7 nitrogen and oxygen atoms in total. The summed E-state index contributed by atoms with van der Waals surface area (Å²) in [5, 5.41) is 11.6. The minimum absolute atomic E-state index is 0.297. The lowest BCUT2D eigenvalue weighted by Gasteiger charge is -2.17. The largest absolute Gasteiger partial charge is 0.465 e. The van der Waals surface area contributed by atoms with Crippen molar-refractivity contribution in [3.8, 4) is 22.4 Å². The maximum absolute atomic E-state index is 13.9. The number of esters is 1. The van der Waals surface area contributed by atoms with Crippen molar-refractivity contribution in [2.75, 3.05) is 12.4 Å². The molecule has 5 rings (SSSR count). The van der Waals surface area contributed by atoms with E-state index in [0.717, 1.165) is 26.7 Å². The lowest BCUT2D eigenvalue weighted by Crippen LogP contribution is -2.16. The lowest BCUT2D eigenvalue weighted by molar-refractivity contribution is 0.0600. The summed E-state index contributed by atoms with van der Waals surface area (Å²) in [4.78, 5) is 31.0. The molecule has 0 atom stereocenters. The van der Waals surface area contributed by atoms with Gasteiger partial charge in [-0.1, -0.05) is 46.3 Å². The van der Waals surface area contributed by atoms with Gasteiger partial charge in [0.15, 0.2) is 0 Å². The molecule has 0 spiro atoms. The van der Waals surface area contributed by atoms with Crippen molar-refractivity contribution in [2.24, 2.45) is 0 Å². The highest BCUT2D eigenvalue weighted by Gasteiger charge is 2.21. The predicted molar refractivity (Wildman–Crippen MR) is 146 cm³/mol. The van der Waals surface area contributed by atoms with E-state index in [1.165, 1.54) is 7.11 Å². The Balaban J connectivity index is 1.66. The number of carbonyl (C=O) groups excluding carboxylic acids is 2. The summed E-state index contributed by atoms with van der Waals surface area (Å²) in [7, 11) is 1.32. The molecule has 0 bridgehead atoms. The molecule has 3 aromatic carbocycles. The number of anilines is 1. The molecule has 0 saturated carbocycles. The number of methoxy groups -OCH3 is 1.